The van der Waals surface area contributed by atoms with Crippen LogP contribution in [0, 0.1) is 5.82 Å². The second-order valence-corrected chi connectivity index (χ2v) is 4.34. The Labute approximate surface area is 119 Å². The average molecular weight is 286 g/mol. The maximum absolute atomic E-state index is 13.6. The number of nitrogens with zero attached hydrogens (tertiary/aromatic N) is 1. The Morgan fingerprint density at radius 2 is 1.86 bits per heavy atom. The summed E-state index contributed by atoms with van der Waals surface area (Å²) in [5, 5.41) is 25.7. The molecule has 3 aromatic rings. The van der Waals surface area contributed by atoms with E-state index in [0.29, 0.717) is 11.3 Å². The van der Waals surface area contributed by atoms with Crippen molar-refractivity contribution in [2.75, 3.05) is 0 Å². The van der Waals surface area contributed by atoms with E-state index >= 15 is 0 Å². The summed E-state index contributed by atoms with van der Waals surface area (Å²) in [6.07, 6.45) is 1.38. The zero-order valence-electron chi connectivity index (χ0n) is 10.7. The minimum Gasteiger partial charge on any atom is -0.508 e. The van der Waals surface area contributed by atoms with Gasteiger partial charge in [-0.25, -0.2) is 4.39 Å². The lowest BCUT2D eigenvalue weighted by Gasteiger charge is -2.08. The molecule has 1 aromatic heterocycles. The van der Waals surface area contributed by atoms with E-state index in [4.69, 9.17) is 4.74 Å². The Bertz CT molecular complexity index is 786. The molecule has 0 bridgehead atoms. The number of aromatic hydroxyl groups is 2. The largest absolute Gasteiger partial charge is 0.508 e. The standard InChI is InChI=1S/C15H11FN2O3/c16-11-3-1-2-4-13(11)21-14-8-17-18-15(14)10-6-5-9(19)7-12(10)20/h1-8,19-20H,(H,17,18). The summed E-state index contributed by atoms with van der Waals surface area (Å²) in [6, 6.07) is 10.1. The van der Waals surface area contributed by atoms with Gasteiger partial charge in [-0.1, -0.05) is 12.1 Å². The SMILES string of the molecule is Oc1ccc(-c2[nH]ncc2Oc2ccccc2F)c(O)c1. The van der Waals surface area contributed by atoms with Crippen molar-refractivity contribution in [3.63, 3.8) is 0 Å². The molecule has 0 amide bonds. The fraction of sp³-hybridized carbons (Fsp3) is 0. The van der Waals surface area contributed by atoms with Crippen LogP contribution in [0.2, 0.25) is 0 Å². The maximum Gasteiger partial charge on any atom is 0.173 e. The van der Waals surface area contributed by atoms with E-state index in [2.05, 4.69) is 10.2 Å². The van der Waals surface area contributed by atoms with Gasteiger partial charge in [-0.15, -0.1) is 0 Å². The molecule has 0 aliphatic carbocycles. The molecule has 3 rings (SSSR count). The van der Waals surface area contributed by atoms with Crippen molar-refractivity contribution in [3.05, 3.63) is 54.5 Å². The van der Waals surface area contributed by atoms with Crippen molar-refractivity contribution in [2.24, 2.45) is 0 Å². The Kier molecular flexibility index (Phi) is 3.19. The van der Waals surface area contributed by atoms with E-state index in [1.165, 1.54) is 36.5 Å². The summed E-state index contributed by atoms with van der Waals surface area (Å²) in [6.45, 7) is 0. The van der Waals surface area contributed by atoms with Gasteiger partial charge in [0.15, 0.2) is 17.3 Å². The van der Waals surface area contributed by atoms with E-state index in [9.17, 15) is 14.6 Å². The maximum atomic E-state index is 13.6. The summed E-state index contributed by atoms with van der Waals surface area (Å²) < 4.78 is 19.1. The number of hydrogen-bond acceptors (Lipinski definition) is 4. The number of phenolic OH excluding ortho intramolecular Hbond substituents is 2. The third-order valence-electron chi connectivity index (χ3n) is 2.91. The Balaban J connectivity index is 2.00. The normalized spacial score (nSPS) is 10.5. The highest BCUT2D eigenvalue weighted by Crippen LogP contribution is 2.37. The first-order chi connectivity index (χ1) is 10.1. The molecule has 6 heteroatoms. The van der Waals surface area contributed by atoms with Crippen molar-refractivity contribution in [1.29, 1.82) is 0 Å². The first-order valence-corrected chi connectivity index (χ1v) is 6.13. The van der Waals surface area contributed by atoms with Crippen LogP contribution in [0.1, 0.15) is 0 Å². The second-order valence-electron chi connectivity index (χ2n) is 4.34. The summed E-state index contributed by atoms with van der Waals surface area (Å²) in [4.78, 5) is 0. The smallest absolute Gasteiger partial charge is 0.173 e. The van der Waals surface area contributed by atoms with Crippen LogP contribution in [0.15, 0.2) is 48.7 Å². The van der Waals surface area contributed by atoms with E-state index in [-0.39, 0.29) is 23.0 Å². The molecule has 2 aromatic carbocycles. The molecule has 0 radical (unpaired) electrons. The molecule has 1 heterocycles. The van der Waals surface area contributed by atoms with Crippen LogP contribution < -0.4 is 4.74 Å². The molecule has 21 heavy (non-hydrogen) atoms. The van der Waals surface area contributed by atoms with Crippen molar-refractivity contribution >= 4 is 0 Å². The lowest BCUT2D eigenvalue weighted by atomic mass is 10.1. The zero-order valence-corrected chi connectivity index (χ0v) is 10.7. The second kappa shape index (κ2) is 5.16. The van der Waals surface area contributed by atoms with Gasteiger partial charge in [0.2, 0.25) is 0 Å². The number of aromatic amines is 1. The fourth-order valence-corrected chi connectivity index (χ4v) is 1.92. The number of rotatable bonds is 3. The highest BCUT2D eigenvalue weighted by Gasteiger charge is 2.15. The topological polar surface area (TPSA) is 78.4 Å². The number of phenols is 2. The van der Waals surface area contributed by atoms with Gasteiger partial charge in [0.1, 0.15) is 17.2 Å². The predicted octanol–water partition coefficient (Wildman–Crippen LogP) is 3.42. The Morgan fingerprint density at radius 3 is 2.62 bits per heavy atom. The lowest BCUT2D eigenvalue weighted by molar-refractivity contribution is 0.441. The third kappa shape index (κ3) is 2.51. The van der Waals surface area contributed by atoms with E-state index in [0.717, 1.165) is 0 Å². The van der Waals surface area contributed by atoms with Crippen molar-refractivity contribution < 1.29 is 19.3 Å². The number of benzene rings is 2. The zero-order chi connectivity index (χ0) is 14.8. The van der Waals surface area contributed by atoms with Gasteiger partial charge in [0, 0.05) is 11.6 Å². The highest BCUT2D eigenvalue weighted by molar-refractivity contribution is 5.72. The van der Waals surface area contributed by atoms with Crippen molar-refractivity contribution in [3.8, 4) is 34.3 Å². The molecule has 0 fully saturated rings. The molecule has 0 unspecified atom stereocenters. The monoisotopic (exact) mass is 286 g/mol. The molecule has 0 spiro atoms. The van der Waals surface area contributed by atoms with Gasteiger partial charge in [-0.2, -0.15) is 5.10 Å². The number of nitrogens with one attached hydrogen (secondary N) is 1. The van der Waals surface area contributed by atoms with Crippen LogP contribution in [0.25, 0.3) is 11.3 Å². The van der Waals surface area contributed by atoms with Crippen LogP contribution >= 0.6 is 0 Å². The molecule has 5 nitrogen and oxygen atoms in total. The van der Waals surface area contributed by atoms with Crippen LogP contribution in [0.4, 0.5) is 4.39 Å². The van der Waals surface area contributed by atoms with Crippen molar-refractivity contribution in [1.82, 2.24) is 10.2 Å². The quantitative estimate of drug-likeness (QED) is 0.689. The molecular formula is C15H11FN2O3. The van der Waals surface area contributed by atoms with Gasteiger partial charge >= 0.3 is 0 Å². The van der Waals surface area contributed by atoms with Gasteiger partial charge in [0.05, 0.1) is 6.20 Å². The first-order valence-electron chi connectivity index (χ1n) is 6.13. The molecule has 0 aliphatic heterocycles. The van der Waals surface area contributed by atoms with Gasteiger partial charge in [-0.05, 0) is 24.3 Å². The Morgan fingerprint density at radius 1 is 1.05 bits per heavy atom. The highest BCUT2D eigenvalue weighted by atomic mass is 19.1. The molecule has 0 aliphatic rings. The third-order valence-corrected chi connectivity index (χ3v) is 2.91. The number of H-pyrrole nitrogens is 1. The number of para-hydroxylation sites is 1. The molecule has 0 saturated carbocycles. The van der Waals surface area contributed by atoms with E-state index in [1.54, 1.807) is 12.1 Å². The van der Waals surface area contributed by atoms with E-state index in [1.807, 2.05) is 0 Å². The number of ether oxygens (including phenoxy) is 1. The van der Waals surface area contributed by atoms with Crippen LogP contribution in [0.3, 0.4) is 0 Å². The number of aromatic nitrogens is 2. The lowest BCUT2D eigenvalue weighted by Crippen LogP contribution is -1.89. The number of hydrogen-bond donors (Lipinski definition) is 3. The van der Waals surface area contributed by atoms with Crippen LogP contribution in [-0.4, -0.2) is 20.4 Å². The summed E-state index contributed by atoms with van der Waals surface area (Å²) in [7, 11) is 0. The molecule has 106 valence electrons. The molecule has 3 N–H and O–H groups in total. The Hall–Kier alpha value is -3.02. The fourth-order valence-electron chi connectivity index (χ4n) is 1.92. The summed E-state index contributed by atoms with van der Waals surface area (Å²) >= 11 is 0. The van der Waals surface area contributed by atoms with Gasteiger partial charge in [-0.3, -0.25) is 5.10 Å². The molecule has 0 atom stereocenters. The average Bonchev–Trinajstić information content (AvgIpc) is 2.89. The van der Waals surface area contributed by atoms with Gasteiger partial charge < -0.3 is 14.9 Å². The first kappa shape index (κ1) is 13.0. The van der Waals surface area contributed by atoms with Crippen molar-refractivity contribution in [2.45, 2.75) is 0 Å². The summed E-state index contributed by atoms with van der Waals surface area (Å²) in [5.41, 5.74) is 0.771. The molecule has 0 saturated heterocycles. The minimum atomic E-state index is -0.500. The van der Waals surface area contributed by atoms with Crippen LogP contribution in [0.5, 0.6) is 23.0 Å². The number of halogens is 1. The summed E-state index contributed by atoms with van der Waals surface area (Å²) in [5.74, 6) is -0.385. The predicted molar refractivity (Wildman–Crippen MR) is 73.8 cm³/mol. The minimum absolute atomic E-state index is 0.0541. The molecular weight excluding hydrogens is 275 g/mol. The van der Waals surface area contributed by atoms with Gasteiger partial charge in [0.25, 0.3) is 0 Å². The van der Waals surface area contributed by atoms with E-state index < -0.39 is 5.82 Å². The van der Waals surface area contributed by atoms with Crippen LogP contribution in [-0.2, 0) is 0 Å².